The highest BCUT2D eigenvalue weighted by Crippen LogP contribution is 2.41. The third kappa shape index (κ3) is 16.3. The number of rotatable bonds is 9. The monoisotopic (exact) mass is 1470 g/mol. The number of nitrogens with zero attached hydrogens (tertiary/aromatic N) is 10. The molecule has 3 fully saturated rings. The quantitative estimate of drug-likeness (QED) is 0.127. The Bertz CT molecular complexity index is 4940. The minimum Gasteiger partial charge on any atom is -0.444 e. The van der Waals surface area contributed by atoms with E-state index in [1.165, 1.54) is 33.0 Å². The van der Waals surface area contributed by atoms with E-state index in [-0.39, 0.29) is 18.0 Å². The Hall–Kier alpha value is -8.26. The van der Waals surface area contributed by atoms with E-state index in [4.69, 9.17) is 79.4 Å². The van der Waals surface area contributed by atoms with Crippen molar-refractivity contribution < 1.29 is 19.4 Å². The summed E-state index contributed by atoms with van der Waals surface area (Å²) in [6.07, 6.45) is 32.7. The van der Waals surface area contributed by atoms with Crippen molar-refractivity contribution in [3.05, 3.63) is 231 Å². The number of aromatic nitrogens is 8. The maximum atomic E-state index is 12.4. The third-order valence-electron chi connectivity index (χ3n) is 19.2. The molecule has 0 saturated carbocycles. The van der Waals surface area contributed by atoms with Crippen LogP contribution in [0.3, 0.4) is 0 Å². The zero-order chi connectivity index (χ0) is 70.3. The summed E-state index contributed by atoms with van der Waals surface area (Å²) in [6, 6.07) is 36.3. The first-order valence-corrected chi connectivity index (χ1v) is 36.4. The maximum Gasteiger partial charge on any atom is 0.410 e. The van der Waals surface area contributed by atoms with Crippen LogP contribution in [0.4, 0.5) is 4.79 Å². The zero-order valence-electron chi connectivity index (χ0n) is 56.4. The number of fused-ring (bicyclic) bond motifs is 4. The Balaban J connectivity index is 0.000000121. The smallest absolute Gasteiger partial charge is 0.410 e. The summed E-state index contributed by atoms with van der Waals surface area (Å²) in [7, 11) is 0. The van der Waals surface area contributed by atoms with Crippen LogP contribution < -0.4 is 10.6 Å². The van der Waals surface area contributed by atoms with Gasteiger partial charge in [-0.15, -0.1) is 0 Å². The first-order valence-electron chi connectivity index (χ1n) is 34.2. The van der Waals surface area contributed by atoms with Crippen molar-refractivity contribution in [2.24, 2.45) is 0 Å². The number of benzene rings is 4. The second kappa shape index (κ2) is 32.0. The SMILES string of the molecule is CC(C)(C)OC(=O)N1CCC(c2cn(-c3ccc(Cl)cc3)c3cnccc23)CC1.Clc1ccc(-c2cn(C3CCNCC3)c3ccncc23)cc1Cl.Clc1ccc(-n2cc(C3=CCNCC3)c3ccncc32)cc1.O=C(CO)N1CCC(n2cc(-c3ccc(Cl)c(Cl)c3)c3cnccc32)CC1. The van der Waals surface area contributed by atoms with E-state index in [0.717, 1.165) is 142 Å². The topological polar surface area (TPSA) is 165 Å². The normalized spacial score (nSPS) is 15.6. The predicted octanol–water partition coefficient (Wildman–Crippen LogP) is 18.9. The Morgan fingerprint density at radius 3 is 1.51 bits per heavy atom. The molecule has 0 aliphatic carbocycles. The van der Waals surface area contributed by atoms with Crippen molar-refractivity contribution in [3.8, 4) is 33.6 Å². The average molecular weight is 1470 g/mol. The van der Waals surface area contributed by atoms with E-state index in [0.29, 0.717) is 58.2 Å². The van der Waals surface area contributed by atoms with Crippen LogP contribution in [0.1, 0.15) is 94.8 Å². The number of carbonyl (C=O) groups excluding carboxylic acids is 2. The number of piperidine rings is 3. The molecule has 16 nitrogen and oxygen atoms in total. The minimum atomic E-state index is -0.465. The third-order valence-corrected chi connectivity index (χ3v) is 21.2. The molecule has 22 heteroatoms. The van der Waals surface area contributed by atoms with Gasteiger partial charge in [-0.1, -0.05) is 87.8 Å². The highest BCUT2D eigenvalue weighted by molar-refractivity contribution is 6.42. The molecule has 4 aliphatic rings. The number of halogens is 6. The van der Waals surface area contributed by atoms with Gasteiger partial charge in [0.2, 0.25) is 5.91 Å². The number of ether oxygens (including phenoxy) is 1. The van der Waals surface area contributed by atoms with E-state index in [1.54, 1.807) is 17.2 Å². The van der Waals surface area contributed by atoms with Crippen molar-refractivity contribution in [2.75, 3.05) is 59.0 Å². The van der Waals surface area contributed by atoms with Gasteiger partial charge in [-0.2, -0.15) is 0 Å². The predicted molar refractivity (Wildman–Crippen MR) is 411 cm³/mol. The van der Waals surface area contributed by atoms with E-state index in [9.17, 15) is 9.59 Å². The number of hydrogen-bond donors (Lipinski definition) is 3. The first-order chi connectivity index (χ1) is 49.0. The lowest BCUT2D eigenvalue weighted by Crippen LogP contribution is -2.41. The summed E-state index contributed by atoms with van der Waals surface area (Å²) < 4.78 is 14.6. The molecule has 0 spiro atoms. The number of pyridine rings is 4. The molecule has 4 aliphatic heterocycles. The Morgan fingerprint density at radius 1 is 0.505 bits per heavy atom. The van der Waals surface area contributed by atoms with Crippen LogP contribution in [-0.4, -0.2) is 130 Å². The van der Waals surface area contributed by atoms with Gasteiger partial charge in [-0.05, 0) is 211 Å². The summed E-state index contributed by atoms with van der Waals surface area (Å²) >= 11 is 36.6. The molecular weight excluding hydrogens is 1390 g/mol. The Labute approximate surface area is 617 Å². The molecule has 101 heavy (non-hydrogen) atoms. The van der Waals surface area contributed by atoms with Gasteiger partial charge in [0.05, 0.1) is 54.6 Å². The molecule has 3 N–H and O–H groups in total. The number of amides is 2. The van der Waals surface area contributed by atoms with Gasteiger partial charge in [-0.25, -0.2) is 4.79 Å². The van der Waals surface area contributed by atoms with E-state index < -0.39 is 12.2 Å². The minimum absolute atomic E-state index is 0.202. The molecule has 520 valence electrons. The highest BCUT2D eigenvalue weighted by Gasteiger charge is 2.31. The van der Waals surface area contributed by atoms with Gasteiger partial charge in [0.1, 0.15) is 12.2 Å². The van der Waals surface area contributed by atoms with Gasteiger partial charge in [0, 0.05) is 166 Å². The lowest BCUT2D eigenvalue weighted by atomic mass is 9.89. The fourth-order valence-electron chi connectivity index (χ4n) is 14.1. The number of nitrogens with one attached hydrogen (secondary N) is 2. The van der Waals surface area contributed by atoms with Gasteiger partial charge < -0.3 is 48.5 Å². The van der Waals surface area contributed by atoms with Crippen LogP contribution in [0.5, 0.6) is 0 Å². The van der Waals surface area contributed by atoms with Gasteiger partial charge in [-0.3, -0.25) is 24.7 Å². The number of aliphatic hydroxyl groups is 1. The number of hydrogen-bond acceptors (Lipinski definition) is 10. The molecule has 0 radical (unpaired) electrons. The van der Waals surface area contributed by atoms with Crippen LogP contribution in [0.15, 0.2) is 190 Å². The van der Waals surface area contributed by atoms with Crippen molar-refractivity contribution in [3.63, 3.8) is 0 Å². The van der Waals surface area contributed by atoms with Crippen molar-refractivity contribution in [1.82, 2.24) is 58.6 Å². The summed E-state index contributed by atoms with van der Waals surface area (Å²) in [4.78, 5) is 44.8. The lowest BCUT2D eigenvalue weighted by Gasteiger charge is -2.33. The van der Waals surface area contributed by atoms with Crippen LogP contribution in [0, 0.1) is 0 Å². The zero-order valence-corrected chi connectivity index (χ0v) is 60.9. The first kappa shape index (κ1) is 71.1. The summed E-state index contributed by atoms with van der Waals surface area (Å²) in [5.41, 5.74) is 14.5. The largest absolute Gasteiger partial charge is 0.444 e. The Kier molecular flexibility index (Phi) is 22.5. The molecule has 12 aromatic rings. The average Bonchev–Trinajstić information content (AvgIpc) is 1.65. The molecule has 2 amide bonds. The second-order valence-electron chi connectivity index (χ2n) is 26.7. The summed E-state index contributed by atoms with van der Waals surface area (Å²) in [6.45, 7) is 12.1. The summed E-state index contributed by atoms with van der Waals surface area (Å²) in [5, 5.41) is 24.2. The van der Waals surface area contributed by atoms with Crippen molar-refractivity contribution >= 4 is 131 Å². The molecule has 12 heterocycles. The molecule has 0 unspecified atom stereocenters. The van der Waals surface area contributed by atoms with Crippen LogP contribution >= 0.6 is 69.6 Å². The lowest BCUT2D eigenvalue weighted by molar-refractivity contribution is -0.135. The van der Waals surface area contributed by atoms with Crippen LogP contribution in [-0.2, 0) is 9.53 Å². The summed E-state index contributed by atoms with van der Waals surface area (Å²) in [5.74, 6) is 0.193. The van der Waals surface area contributed by atoms with Gasteiger partial charge >= 0.3 is 6.09 Å². The second-order valence-corrected chi connectivity index (χ2v) is 29.2. The highest BCUT2D eigenvalue weighted by atomic mass is 35.5. The standard InChI is InChI=1S/C23H26ClN3O2.C20H19Cl2N3O2.C18H17Cl2N3.C18H16ClN3/c1-23(2,3)29-22(28)26-12-9-16(10-13-26)20-15-27(18-6-4-17(24)5-7-18)21-14-25-11-8-19(20)21;21-17-2-1-13(9-18(17)22)16-11-25(19-3-6-23-10-15(16)19)14-4-7-24(8-5-14)20(27)12-26;19-16-2-1-12(9-17(16)20)15-11-23(13-3-6-21-7-4-13)18-5-8-22-10-14(15)18;19-14-1-3-15(4-2-14)22-12-17(13-5-8-20-9-6-13)16-7-10-21-11-18(16)22/h4-8,11,14-16H,9-10,12-13H2,1-3H3;1-3,6,9-11,14,26H,4-5,7-8,12H2;1-2,5,8-11,13,21H,3-4,6-7H2;1-5,7,10-12,20H,6,8-9H2. The maximum absolute atomic E-state index is 12.4. The molecule has 4 aromatic carbocycles. The number of carbonyl (C=O) groups is 2. The van der Waals surface area contributed by atoms with Crippen molar-refractivity contribution in [2.45, 2.75) is 89.3 Å². The molecule has 3 saturated heterocycles. The van der Waals surface area contributed by atoms with Gasteiger partial charge in [0.25, 0.3) is 0 Å². The van der Waals surface area contributed by atoms with E-state index in [2.05, 4.69) is 97.9 Å². The molecule has 8 aromatic heterocycles. The van der Waals surface area contributed by atoms with Crippen LogP contribution in [0.25, 0.3) is 82.8 Å². The van der Waals surface area contributed by atoms with Gasteiger partial charge in [0.15, 0.2) is 0 Å². The Morgan fingerprint density at radius 2 is 1.00 bits per heavy atom. The number of aliphatic hydroxyl groups excluding tert-OH is 1. The fourth-order valence-corrected chi connectivity index (χ4v) is 15.0. The fraction of sp³-hybridized carbons (Fsp3) is 0.291. The van der Waals surface area contributed by atoms with E-state index >= 15 is 0 Å². The van der Waals surface area contributed by atoms with Crippen LogP contribution in [0.2, 0.25) is 30.1 Å². The van der Waals surface area contributed by atoms with E-state index in [1.807, 2.05) is 154 Å². The molecule has 16 rings (SSSR count). The van der Waals surface area contributed by atoms with Crippen molar-refractivity contribution in [1.29, 1.82) is 0 Å². The molecule has 0 bridgehead atoms. The molecular formula is C79H78Cl6N12O4. The molecule has 0 atom stereocenters. The number of likely N-dealkylation sites (tertiary alicyclic amines) is 2.